The van der Waals surface area contributed by atoms with E-state index in [1.54, 1.807) is 12.1 Å². The quantitative estimate of drug-likeness (QED) is 0.752. The third kappa shape index (κ3) is 2.25. The first kappa shape index (κ1) is 12.3. The predicted octanol–water partition coefficient (Wildman–Crippen LogP) is 0.854. The molecule has 2 N–H and O–H groups in total. The Bertz CT molecular complexity index is 365. The fourth-order valence-corrected chi connectivity index (χ4v) is 1.38. The molecule has 16 heavy (non-hydrogen) atoms. The number of carbonyl (C=O) groups is 1. The second kappa shape index (κ2) is 5.37. The van der Waals surface area contributed by atoms with Crippen LogP contribution in [-0.2, 0) is 0 Å². The average molecular weight is 225 g/mol. The normalized spacial score (nSPS) is 9.75. The molecule has 0 aromatic heterocycles. The Kier molecular flexibility index (Phi) is 4.13. The summed E-state index contributed by atoms with van der Waals surface area (Å²) < 4.78 is 15.3. The number of hydrogen-bond donors (Lipinski definition) is 1. The average Bonchev–Trinajstić information content (AvgIpc) is 2.35. The first-order chi connectivity index (χ1) is 7.67. The number of rotatable bonds is 5. The van der Waals surface area contributed by atoms with Crippen molar-refractivity contribution in [1.82, 2.24) is 0 Å². The van der Waals surface area contributed by atoms with Crippen LogP contribution in [0.15, 0.2) is 12.1 Å². The minimum absolute atomic E-state index is 0.0982. The lowest BCUT2D eigenvalue weighted by molar-refractivity contribution is 0.0995. The van der Waals surface area contributed by atoms with E-state index in [4.69, 9.17) is 19.9 Å². The maximum atomic E-state index is 11.6. The highest BCUT2D eigenvalue weighted by Crippen LogP contribution is 2.33. The Hall–Kier alpha value is -1.75. The molecule has 0 radical (unpaired) electrons. The second-order valence-electron chi connectivity index (χ2n) is 3.03. The Balaban J connectivity index is 3.37. The van der Waals surface area contributed by atoms with E-state index in [1.807, 2.05) is 0 Å². The van der Waals surface area contributed by atoms with Crippen LogP contribution in [0.3, 0.4) is 0 Å². The molecule has 5 heteroatoms. The van der Waals surface area contributed by atoms with Crippen LogP contribution in [0.4, 0.5) is 0 Å². The van der Waals surface area contributed by atoms with E-state index in [9.17, 15) is 4.79 Å². The van der Waals surface area contributed by atoms with Gasteiger partial charge in [-0.1, -0.05) is 0 Å². The van der Waals surface area contributed by atoms with Crippen molar-refractivity contribution in [3.8, 4) is 17.2 Å². The van der Waals surface area contributed by atoms with Gasteiger partial charge in [-0.25, -0.2) is 0 Å². The van der Waals surface area contributed by atoms with Gasteiger partial charge in [-0.3, -0.25) is 4.79 Å². The molecule has 0 saturated heterocycles. The van der Waals surface area contributed by atoms with Crippen LogP contribution < -0.4 is 19.9 Å². The van der Waals surface area contributed by atoms with Gasteiger partial charge < -0.3 is 19.9 Å². The minimum atomic E-state index is -0.239. The molecular weight excluding hydrogens is 210 g/mol. The molecule has 0 unspecified atom stereocenters. The van der Waals surface area contributed by atoms with Crippen LogP contribution in [0.1, 0.15) is 10.4 Å². The summed E-state index contributed by atoms with van der Waals surface area (Å²) in [7, 11) is 4.47. The number of hydrogen-bond acceptors (Lipinski definition) is 5. The first-order valence-corrected chi connectivity index (χ1v) is 4.71. The van der Waals surface area contributed by atoms with Crippen LogP contribution in [0.2, 0.25) is 0 Å². The molecule has 0 heterocycles. The summed E-state index contributed by atoms with van der Waals surface area (Å²) in [5.74, 6) is 1.11. The van der Waals surface area contributed by atoms with Gasteiger partial charge in [-0.2, -0.15) is 0 Å². The van der Waals surface area contributed by atoms with Gasteiger partial charge in [0.25, 0.3) is 0 Å². The van der Waals surface area contributed by atoms with E-state index < -0.39 is 0 Å². The summed E-state index contributed by atoms with van der Waals surface area (Å²) in [6.45, 7) is -0.0982. The third-order valence-electron chi connectivity index (χ3n) is 2.18. The van der Waals surface area contributed by atoms with Gasteiger partial charge in [0.05, 0.1) is 27.9 Å². The standard InChI is InChI=1S/C11H15NO4/c1-14-7-4-9(15-2)11(8(13)6-12)10(5-7)16-3/h4-5H,6,12H2,1-3H3. The maximum absolute atomic E-state index is 11.6. The van der Waals surface area contributed by atoms with Crippen LogP contribution in [0, 0.1) is 0 Å². The largest absolute Gasteiger partial charge is 0.496 e. The number of methoxy groups -OCH3 is 3. The zero-order valence-electron chi connectivity index (χ0n) is 9.57. The summed E-state index contributed by atoms with van der Waals surface area (Å²) in [5, 5.41) is 0. The van der Waals surface area contributed by atoms with Gasteiger partial charge in [0, 0.05) is 12.1 Å². The van der Waals surface area contributed by atoms with Crippen LogP contribution in [-0.4, -0.2) is 33.7 Å². The topological polar surface area (TPSA) is 70.8 Å². The zero-order valence-corrected chi connectivity index (χ0v) is 9.57. The highest BCUT2D eigenvalue weighted by atomic mass is 16.5. The van der Waals surface area contributed by atoms with Gasteiger partial charge >= 0.3 is 0 Å². The minimum Gasteiger partial charge on any atom is -0.496 e. The molecular formula is C11H15NO4. The Labute approximate surface area is 94.1 Å². The van der Waals surface area contributed by atoms with Gasteiger partial charge in [0.1, 0.15) is 22.8 Å². The number of ketones is 1. The predicted molar refractivity (Wildman–Crippen MR) is 59.5 cm³/mol. The summed E-state index contributed by atoms with van der Waals surface area (Å²) in [5.41, 5.74) is 5.67. The summed E-state index contributed by atoms with van der Waals surface area (Å²) in [6, 6.07) is 3.23. The highest BCUT2D eigenvalue weighted by Gasteiger charge is 2.18. The lowest BCUT2D eigenvalue weighted by atomic mass is 10.1. The summed E-state index contributed by atoms with van der Waals surface area (Å²) >= 11 is 0. The number of nitrogens with two attached hydrogens (primary N) is 1. The number of Topliss-reactive ketones (excluding diaryl/α,β-unsaturated/α-hetero) is 1. The molecule has 0 spiro atoms. The number of benzene rings is 1. The monoisotopic (exact) mass is 225 g/mol. The van der Waals surface area contributed by atoms with Crippen molar-refractivity contribution >= 4 is 5.78 Å². The molecule has 0 aliphatic carbocycles. The molecule has 0 bridgehead atoms. The fraction of sp³-hybridized carbons (Fsp3) is 0.364. The molecule has 5 nitrogen and oxygen atoms in total. The molecule has 0 saturated carbocycles. The van der Waals surface area contributed by atoms with Crippen molar-refractivity contribution < 1.29 is 19.0 Å². The molecule has 0 amide bonds. The first-order valence-electron chi connectivity index (χ1n) is 4.71. The van der Waals surface area contributed by atoms with Crippen LogP contribution in [0.5, 0.6) is 17.2 Å². The smallest absolute Gasteiger partial charge is 0.183 e. The van der Waals surface area contributed by atoms with Crippen molar-refractivity contribution in [3.63, 3.8) is 0 Å². The SMILES string of the molecule is COc1cc(OC)c(C(=O)CN)c(OC)c1. The summed E-state index contributed by atoms with van der Waals surface area (Å²) in [6.07, 6.45) is 0. The molecule has 1 rings (SSSR count). The molecule has 0 fully saturated rings. The van der Waals surface area contributed by atoms with Crippen LogP contribution >= 0.6 is 0 Å². The van der Waals surface area contributed by atoms with Crippen molar-refractivity contribution in [2.45, 2.75) is 0 Å². The van der Waals surface area contributed by atoms with E-state index in [0.29, 0.717) is 22.8 Å². The molecule has 0 atom stereocenters. The van der Waals surface area contributed by atoms with Gasteiger partial charge in [0.2, 0.25) is 0 Å². The van der Waals surface area contributed by atoms with E-state index in [-0.39, 0.29) is 12.3 Å². The zero-order chi connectivity index (χ0) is 12.1. The Morgan fingerprint density at radius 3 is 1.94 bits per heavy atom. The maximum Gasteiger partial charge on any atom is 0.183 e. The lowest BCUT2D eigenvalue weighted by Crippen LogP contribution is -2.15. The number of carbonyl (C=O) groups excluding carboxylic acids is 1. The third-order valence-corrected chi connectivity index (χ3v) is 2.18. The van der Waals surface area contributed by atoms with Crippen molar-refractivity contribution in [2.24, 2.45) is 5.73 Å². The van der Waals surface area contributed by atoms with Gasteiger partial charge in [-0.05, 0) is 0 Å². The van der Waals surface area contributed by atoms with Crippen molar-refractivity contribution in [2.75, 3.05) is 27.9 Å². The Morgan fingerprint density at radius 2 is 1.62 bits per heavy atom. The highest BCUT2D eigenvalue weighted by molar-refractivity contribution is 6.02. The summed E-state index contributed by atoms with van der Waals surface area (Å²) in [4.78, 5) is 11.6. The fourth-order valence-electron chi connectivity index (χ4n) is 1.38. The molecule has 1 aromatic rings. The Morgan fingerprint density at radius 1 is 1.12 bits per heavy atom. The second-order valence-corrected chi connectivity index (χ2v) is 3.03. The van der Waals surface area contributed by atoms with E-state index in [1.165, 1.54) is 21.3 Å². The lowest BCUT2D eigenvalue weighted by Gasteiger charge is -2.13. The molecule has 0 aliphatic rings. The molecule has 1 aromatic carbocycles. The van der Waals surface area contributed by atoms with Crippen molar-refractivity contribution in [3.05, 3.63) is 17.7 Å². The molecule has 0 aliphatic heterocycles. The van der Waals surface area contributed by atoms with E-state index in [0.717, 1.165) is 0 Å². The van der Waals surface area contributed by atoms with E-state index in [2.05, 4.69) is 0 Å². The van der Waals surface area contributed by atoms with Crippen LogP contribution in [0.25, 0.3) is 0 Å². The van der Waals surface area contributed by atoms with E-state index >= 15 is 0 Å². The molecule has 88 valence electrons. The van der Waals surface area contributed by atoms with Gasteiger partial charge in [-0.15, -0.1) is 0 Å². The van der Waals surface area contributed by atoms with Crippen molar-refractivity contribution in [1.29, 1.82) is 0 Å². The number of ether oxygens (including phenoxy) is 3. The van der Waals surface area contributed by atoms with Gasteiger partial charge in [0.15, 0.2) is 5.78 Å².